The van der Waals surface area contributed by atoms with Gasteiger partial charge in [0.25, 0.3) is 0 Å². The molecule has 0 N–H and O–H groups in total. The first-order valence-corrected chi connectivity index (χ1v) is 5.86. The summed E-state index contributed by atoms with van der Waals surface area (Å²) in [6, 6.07) is 0. The molecule has 0 saturated carbocycles. The number of carbonyl (C=O) groups is 2. The maximum atomic E-state index is 10.9. The molecule has 0 heterocycles. The zero-order valence-electron chi connectivity index (χ0n) is 11.1. The normalized spacial score (nSPS) is 9.87. The van der Waals surface area contributed by atoms with E-state index in [9.17, 15) is 9.59 Å². The van der Waals surface area contributed by atoms with E-state index in [1.807, 2.05) is 27.7 Å². The van der Waals surface area contributed by atoms with Crippen LogP contribution in [0.2, 0.25) is 0 Å². The van der Waals surface area contributed by atoms with Crippen molar-refractivity contribution in [3.8, 4) is 0 Å². The Balaban J connectivity index is 0. The molecule has 0 fully saturated rings. The third kappa shape index (κ3) is 13.3. The average Bonchev–Trinajstić information content (AvgIpc) is 2.14. The largest absolute Gasteiger partial charge is 0.300 e. The van der Waals surface area contributed by atoms with Crippen LogP contribution in [0, 0.1) is 11.8 Å². The fourth-order valence-electron chi connectivity index (χ4n) is 0.640. The fraction of sp³-hybridized carbons (Fsp3) is 0.846. The Kier molecular flexibility index (Phi) is 11.0. The Hall–Kier alpha value is -0.660. The summed E-state index contributed by atoms with van der Waals surface area (Å²) < 4.78 is 0. The molecule has 0 bridgehead atoms. The highest BCUT2D eigenvalue weighted by Gasteiger charge is 2.04. The number of carbonyl (C=O) groups excluding carboxylic acids is 2. The van der Waals surface area contributed by atoms with Crippen LogP contribution in [0.25, 0.3) is 0 Å². The fourth-order valence-corrected chi connectivity index (χ4v) is 0.640. The van der Waals surface area contributed by atoms with Crippen LogP contribution in [0.1, 0.15) is 60.8 Å². The molecule has 0 aliphatic carbocycles. The highest BCUT2D eigenvalue weighted by atomic mass is 16.1. The third-order valence-corrected chi connectivity index (χ3v) is 2.23. The third-order valence-electron chi connectivity index (χ3n) is 2.23. The Morgan fingerprint density at radius 1 is 1.00 bits per heavy atom. The van der Waals surface area contributed by atoms with Gasteiger partial charge in [-0.15, -0.1) is 0 Å². The molecule has 0 amide bonds. The molecule has 0 atom stereocenters. The second-order valence-electron chi connectivity index (χ2n) is 4.49. The smallest absolute Gasteiger partial charge is 0.135 e. The van der Waals surface area contributed by atoms with E-state index >= 15 is 0 Å². The number of hydrogen-bond acceptors (Lipinski definition) is 2. The Morgan fingerprint density at radius 2 is 1.40 bits per heavy atom. The van der Waals surface area contributed by atoms with Crippen molar-refractivity contribution in [1.82, 2.24) is 0 Å². The summed E-state index contributed by atoms with van der Waals surface area (Å²) in [7, 11) is 0. The quantitative estimate of drug-likeness (QED) is 0.700. The first-order chi connectivity index (χ1) is 6.82. The molecule has 2 nitrogen and oxygen atoms in total. The number of ketones is 2. The van der Waals surface area contributed by atoms with E-state index in [0.29, 0.717) is 5.78 Å². The van der Waals surface area contributed by atoms with Gasteiger partial charge in [0.2, 0.25) is 0 Å². The first-order valence-electron chi connectivity index (χ1n) is 5.86. The second kappa shape index (κ2) is 9.88. The Labute approximate surface area is 94.4 Å². The molecule has 0 aromatic heterocycles. The summed E-state index contributed by atoms with van der Waals surface area (Å²) >= 11 is 0. The van der Waals surface area contributed by atoms with Crippen molar-refractivity contribution in [2.75, 3.05) is 0 Å². The van der Waals surface area contributed by atoms with Crippen LogP contribution in [-0.4, -0.2) is 11.6 Å². The SMILES string of the molecule is CC(=O)C(C)C.CCCCC(=O)C(C)C. The van der Waals surface area contributed by atoms with Gasteiger partial charge in [-0.3, -0.25) is 9.59 Å². The molecule has 0 radical (unpaired) electrons. The molecule has 2 heteroatoms. The summed E-state index contributed by atoms with van der Waals surface area (Å²) in [6.45, 7) is 11.4. The lowest BCUT2D eigenvalue weighted by atomic mass is 10.0. The van der Waals surface area contributed by atoms with Crippen molar-refractivity contribution in [2.24, 2.45) is 11.8 Å². The number of hydrogen-bond donors (Lipinski definition) is 0. The lowest BCUT2D eigenvalue weighted by Crippen LogP contribution is -2.05. The van der Waals surface area contributed by atoms with E-state index in [4.69, 9.17) is 0 Å². The van der Waals surface area contributed by atoms with Gasteiger partial charge >= 0.3 is 0 Å². The van der Waals surface area contributed by atoms with E-state index < -0.39 is 0 Å². The molecular formula is C13H26O2. The standard InChI is InChI=1S/C8H16O.C5H10O/c1-4-5-6-8(9)7(2)3;1-4(2)5(3)6/h7H,4-6H2,1-3H3;4H,1-3H3. The molecule has 0 spiro atoms. The van der Waals surface area contributed by atoms with Crippen LogP contribution < -0.4 is 0 Å². The van der Waals surface area contributed by atoms with Gasteiger partial charge in [0.1, 0.15) is 11.6 Å². The number of unbranched alkanes of at least 4 members (excludes halogenated alkanes) is 1. The summed E-state index contributed by atoms with van der Waals surface area (Å²) in [5, 5.41) is 0. The van der Waals surface area contributed by atoms with Crippen molar-refractivity contribution >= 4 is 11.6 Å². The minimum Gasteiger partial charge on any atom is -0.300 e. The highest BCUT2D eigenvalue weighted by Crippen LogP contribution is 2.02. The molecule has 0 aromatic rings. The summed E-state index contributed by atoms with van der Waals surface area (Å²) in [4.78, 5) is 21.0. The highest BCUT2D eigenvalue weighted by molar-refractivity contribution is 5.80. The van der Waals surface area contributed by atoms with E-state index in [1.165, 1.54) is 0 Å². The maximum absolute atomic E-state index is 10.9. The van der Waals surface area contributed by atoms with E-state index in [2.05, 4.69) is 6.92 Å². The second-order valence-corrected chi connectivity index (χ2v) is 4.49. The van der Waals surface area contributed by atoms with Gasteiger partial charge in [-0.1, -0.05) is 41.0 Å². The summed E-state index contributed by atoms with van der Waals surface area (Å²) in [6.07, 6.45) is 2.95. The minimum atomic E-state index is 0.213. The molecule has 0 rings (SSSR count). The summed E-state index contributed by atoms with van der Waals surface area (Å²) in [5.74, 6) is 1.11. The van der Waals surface area contributed by atoms with Crippen LogP contribution in [-0.2, 0) is 9.59 Å². The van der Waals surface area contributed by atoms with Gasteiger partial charge in [0.05, 0.1) is 0 Å². The van der Waals surface area contributed by atoms with Gasteiger partial charge in [-0.05, 0) is 13.3 Å². The zero-order chi connectivity index (χ0) is 12.4. The van der Waals surface area contributed by atoms with Crippen LogP contribution >= 0.6 is 0 Å². The zero-order valence-corrected chi connectivity index (χ0v) is 11.1. The number of Topliss-reactive ketones (excluding diaryl/α,β-unsaturated/α-hetero) is 2. The van der Waals surface area contributed by atoms with Crippen molar-refractivity contribution in [3.63, 3.8) is 0 Å². The lowest BCUT2D eigenvalue weighted by molar-refractivity contribution is -0.122. The predicted octanol–water partition coefficient (Wildman–Crippen LogP) is 3.63. The lowest BCUT2D eigenvalue weighted by Gasteiger charge is -2.00. The molecule has 15 heavy (non-hydrogen) atoms. The van der Waals surface area contributed by atoms with Crippen LogP contribution in [0.5, 0.6) is 0 Å². The van der Waals surface area contributed by atoms with Crippen molar-refractivity contribution in [2.45, 2.75) is 60.8 Å². The predicted molar refractivity (Wildman–Crippen MR) is 64.9 cm³/mol. The van der Waals surface area contributed by atoms with Gasteiger partial charge in [0.15, 0.2) is 0 Å². The van der Waals surface area contributed by atoms with Crippen molar-refractivity contribution < 1.29 is 9.59 Å². The van der Waals surface area contributed by atoms with Crippen molar-refractivity contribution in [1.29, 1.82) is 0 Å². The first kappa shape index (κ1) is 16.8. The van der Waals surface area contributed by atoms with E-state index in [1.54, 1.807) is 6.92 Å². The maximum Gasteiger partial charge on any atom is 0.135 e. The van der Waals surface area contributed by atoms with Crippen LogP contribution in [0.3, 0.4) is 0 Å². The van der Waals surface area contributed by atoms with E-state index in [-0.39, 0.29) is 17.6 Å². The Bertz CT molecular complexity index is 181. The van der Waals surface area contributed by atoms with Gasteiger partial charge in [-0.2, -0.15) is 0 Å². The van der Waals surface area contributed by atoms with Gasteiger partial charge < -0.3 is 0 Å². The minimum absolute atomic E-state index is 0.213. The van der Waals surface area contributed by atoms with Crippen molar-refractivity contribution in [3.05, 3.63) is 0 Å². The van der Waals surface area contributed by atoms with Gasteiger partial charge in [-0.25, -0.2) is 0 Å². The molecule has 0 aromatic carbocycles. The number of rotatable bonds is 5. The summed E-state index contributed by atoms with van der Waals surface area (Å²) in [5.41, 5.74) is 0. The monoisotopic (exact) mass is 214 g/mol. The Morgan fingerprint density at radius 3 is 1.60 bits per heavy atom. The molecule has 0 aliphatic heterocycles. The van der Waals surface area contributed by atoms with Crippen LogP contribution in [0.4, 0.5) is 0 Å². The average molecular weight is 214 g/mol. The molecular weight excluding hydrogens is 188 g/mol. The molecule has 0 aliphatic rings. The molecule has 90 valence electrons. The van der Waals surface area contributed by atoms with Gasteiger partial charge in [0, 0.05) is 18.3 Å². The molecule has 0 unspecified atom stereocenters. The van der Waals surface area contributed by atoms with Crippen LogP contribution in [0.15, 0.2) is 0 Å². The van der Waals surface area contributed by atoms with E-state index in [0.717, 1.165) is 19.3 Å². The topological polar surface area (TPSA) is 34.1 Å². The molecule has 0 saturated heterocycles.